The van der Waals surface area contributed by atoms with Crippen molar-refractivity contribution in [3.05, 3.63) is 29.3 Å². The molecule has 31 heavy (non-hydrogen) atoms. The van der Waals surface area contributed by atoms with E-state index in [0.717, 1.165) is 11.8 Å². The molecule has 2 fully saturated rings. The second-order valence-corrected chi connectivity index (χ2v) is 8.34. The van der Waals surface area contributed by atoms with Crippen LogP contribution >= 0.6 is 0 Å². The summed E-state index contributed by atoms with van der Waals surface area (Å²) in [7, 11) is 0. The lowest BCUT2D eigenvalue weighted by atomic mass is 9.83. The number of nitrogens with zero attached hydrogens (tertiary/aromatic N) is 2. The molecule has 170 valence electrons. The van der Waals surface area contributed by atoms with Crippen molar-refractivity contribution in [2.45, 2.75) is 38.4 Å². The molecular formula is C22H27F3N2O4. The Balaban J connectivity index is 1.53. The molecule has 0 spiro atoms. The van der Waals surface area contributed by atoms with Crippen LogP contribution in [0.2, 0.25) is 0 Å². The molecule has 1 aromatic carbocycles. The first kappa shape index (κ1) is 21.9. The second kappa shape index (κ2) is 8.68. The van der Waals surface area contributed by atoms with E-state index in [1.165, 1.54) is 12.1 Å². The minimum absolute atomic E-state index is 0.0779. The summed E-state index contributed by atoms with van der Waals surface area (Å²) in [6.45, 7) is 4.37. The van der Waals surface area contributed by atoms with E-state index in [0.29, 0.717) is 57.9 Å². The number of likely N-dealkylation sites (tertiary alicyclic amines) is 1. The Hall–Kier alpha value is -2.29. The van der Waals surface area contributed by atoms with Gasteiger partial charge in [0.05, 0.1) is 43.3 Å². The van der Waals surface area contributed by atoms with Crippen molar-refractivity contribution in [1.82, 2.24) is 4.90 Å². The number of carbonyl (C=O) groups is 2. The van der Waals surface area contributed by atoms with Gasteiger partial charge in [-0.05, 0) is 49.9 Å². The maximum absolute atomic E-state index is 13.4. The topological polar surface area (TPSA) is 59.1 Å². The molecule has 9 heteroatoms. The number of hydrogen-bond donors (Lipinski definition) is 0. The van der Waals surface area contributed by atoms with Crippen LogP contribution in [0.3, 0.4) is 0 Å². The lowest BCUT2D eigenvalue weighted by Crippen LogP contribution is -2.58. The molecule has 0 N–H and O–H groups in total. The molecule has 3 heterocycles. The third-order valence-electron chi connectivity index (χ3n) is 6.53. The average Bonchev–Trinajstić information content (AvgIpc) is 2.77. The largest absolute Gasteiger partial charge is 0.466 e. The summed E-state index contributed by atoms with van der Waals surface area (Å²) in [5, 5.41) is 0. The van der Waals surface area contributed by atoms with Crippen molar-refractivity contribution in [2.75, 3.05) is 44.4 Å². The number of amides is 1. The third kappa shape index (κ3) is 4.37. The van der Waals surface area contributed by atoms with Crippen LogP contribution in [0.15, 0.2) is 18.2 Å². The number of esters is 1. The molecule has 3 aliphatic rings. The fourth-order valence-electron chi connectivity index (χ4n) is 4.92. The van der Waals surface area contributed by atoms with Crippen LogP contribution in [-0.4, -0.2) is 62.3 Å². The summed E-state index contributed by atoms with van der Waals surface area (Å²) in [6, 6.07) is 3.59. The summed E-state index contributed by atoms with van der Waals surface area (Å²) < 4.78 is 50.4. The quantitative estimate of drug-likeness (QED) is 0.677. The molecule has 1 amide bonds. The fraction of sp³-hybridized carbons (Fsp3) is 0.636. The number of ether oxygens (including phenoxy) is 2. The minimum atomic E-state index is -4.43. The number of benzene rings is 1. The van der Waals surface area contributed by atoms with Gasteiger partial charge in [0, 0.05) is 25.3 Å². The summed E-state index contributed by atoms with van der Waals surface area (Å²) in [5.74, 6) is -0.992. The number of carbonyl (C=O) groups excluding carboxylic acids is 2. The highest BCUT2D eigenvalue weighted by atomic mass is 19.4. The van der Waals surface area contributed by atoms with Crippen LogP contribution in [0.1, 0.15) is 30.9 Å². The molecule has 0 aliphatic carbocycles. The SMILES string of the molecule is CCOC(=O)C1CCN(C(=O)C2Cc3cc(C(F)(F)F)ccc3N3CCOCC23)CC1. The Labute approximate surface area is 179 Å². The van der Waals surface area contributed by atoms with Gasteiger partial charge in [-0.15, -0.1) is 0 Å². The van der Waals surface area contributed by atoms with Crippen molar-refractivity contribution in [3.63, 3.8) is 0 Å². The van der Waals surface area contributed by atoms with Crippen molar-refractivity contribution >= 4 is 17.6 Å². The van der Waals surface area contributed by atoms with E-state index in [9.17, 15) is 22.8 Å². The molecule has 4 rings (SSSR count). The van der Waals surface area contributed by atoms with Gasteiger partial charge in [0.25, 0.3) is 0 Å². The predicted molar refractivity (Wildman–Crippen MR) is 107 cm³/mol. The van der Waals surface area contributed by atoms with Crippen molar-refractivity contribution in [3.8, 4) is 0 Å². The molecule has 2 atom stereocenters. The van der Waals surface area contributed by atoms with Crippen LogP contribution in [0, 0.1) is 11.8 Å². The number of morpholine rings is 1. The Morgan fingerprint density at radius 3 is 2.61 bits per heavy atom. The minimum Gasteiger partial charge on any atom is -0.466 e. The van der Waals surface area contributed by atoms with Crippen molar-refractivity contribution in [1.29, 1.82) is 0 Å². The number of fused-ring (bicyclic) bond motifs is 3. The Morgan fingerprint density at radius 2 is 1.94 bits per heavy atom. The number of hydrogen-bond acceptors (Lipinski definition) is 5. The lowest BCUT2D eigenvalue weighted by Gasteiger charge is -2.47. The van der Waals surface area contributed by atoms with Gasteiger partial charge in [-0.2, -0.15) is 13.2 Å². The fourth-order valence-corrected chi connectivity index (χ4v) is 4.92. The molecule has 6 nitrogen and oxygen atoms in total. The van der Waals surface area contributed by atoms with E-state index < -0.39 is 17.7 Å². The molecule has 2 saturated heterocycles. The smallest absolute Gasteiger partial charge is 0.416 e. The zero-order chi connectivity index (χ0) is 22.2. The van der Waals surface area contributed by atoms with Crippen LogP contribution in [-0.2, 0) is 31.7 Å². The lowest BCUT2D eigenvalue weighted by molar-refractivity contribution is -0.152. The van der Waals surface area contributed by atoms with Gasteiger partial charge in [-0.3, -0.25) is 9.59 Å². The van der Waals surface area contributed by atoms with Gasteiger partial charge < -0.3 is 19.3 Å². The summed E-state index contributed by atoms with van der Waals surface area (Å²) >= 11 is 0. The van der Waals surface area contributed by atoms with Crippen molar-refractivity contribution in [2.24, 2.45) is 11.8 Å². The zero-order valence-electron chi connectivity index (χ0n) is 17.5. The summed E-state index contributed by atoms with van der Waals surface area (Å²) in [6.07, 6.45) is -3.10. The predicted octanol–water partition coefficient (Wildman–Crippen LogP) is 2.88. The van der Waals surface area contributed by atoms with E-state index >= 15 is 0 Å². The maximum Gasteiger partial charge on any atom is 0.416 e. The van der Waals surface area contributed by atoms with Gasteiger partial charge in [0.15, 0.2) is 0 Å². The summed E-state index contributed by atoms with van der Waals surface area (Å²) in [4.78, 5) is 29.1. The number of anilines is 1. The second-order valence-electron chi connectivity index (χ2n) is 8.34. The molecule has 0 radical (unpaired) electrons. The van der Waals surface area contributed by atoms with Gasteiger partial charge >= 0.3 is 12.1 Å². The van der Waals surface area contributed by atoms with Gasteiger partial charge in [0.2, 0.25) is 5.91 Å². The first-order valence-electron chi connectivity index (χ1n) is 10.8. The summed E-state index contributed by atoms with van der Waals surface area (Å²) in [5.41, 5.74) is 0.610. The Morgan fingerprint density at radius 1 is 1.19 bits per heavy atom. The highest BCUT2D eigenvalue weighted by Crippen LogP contribution is 2.40. The standard InChI is InChI=1S/C22H27F3N2O4/c1-2-31-21(29)14-5-7-26(8-6-14)20(28)17-12-15-11-16(22(23,24)25)3-4-18(15)27-9-10-30-13-19(17)27/h3-4,11,14,17,19H,2,5-10,12-13H2,1H3. The van der Waals surface area contributed by atoms with Crippen LogP contribution in [0.4, 0.5) is 18.9 Å². The number of halogens is 3. The van der Waals surface area contributed by atoms with Gasteiger partial charge in [-0.25, -0.2) is 0 Å². The molecular weight excluding hydrogens is 413 g/mol. The molecule has 1 aromatic rings. The molecule has 0 saturated carbocycles. The van der Waals surface area contributed by atoms with Crippen LogP contribution < -0.4 is 4.90 Å². The zero-order valence-corrected chi connectivity index (χ0v) is 17.5. The van der Waals surface area contributed by atoms with E-state index in [1.54, 1.807) is 11.8 Å². The van der Waals surface area contributed by atoms with Crippen LogP contribution in [0.25, 0.3) is 0 Å². The first-order chi connectivity index (χ1) is 14.8. The third-order valence-corrected chi connectivity index (χ3v) is 6.53. The monoisotopic (exact) mass is 440 g/mol. The highest BCUT2D eigenvalue weighted by Gasteiger charge is 2.43. The van der Waals surface area contributed by atoms with Gasteiger partial charge in [-0.1, -0.05) is 0 Å². The number of alkyl halides is 3. The Kier molecular flexibility index (Phi) is 6.14. The number of piperidine rings is 1. The van der Waals surface area contributed by atoms with E-state index in [2.05, 4.69) is 0 Å². The van der Waals surface area contributed by atoms with E-state index in [4.69, 9.17) is 9.47 Å². The van der Waals surface area contributed by atoms with E-state index in [-0.39, 0.29) is 30.3 Å². The van der Waals surface area contributed by atoms with Gasteiger partial charge in [0.1, 0.15) is 0 Å². The molecule has 0 aromatic heterocycles. The highest BCUT2D eigenvalue weighted by molar-refractivity contribution is 5.83. The normalized spacial score (nSPS) is 24.4. The maximum atomic E-state index is 13.4. The number of rotatable bonds is 3. The van der Waals surface area contributed by atoms with E-state index in [1.807, 2.05) is 4.90 Å². The van der Waals surface area contributed by atoms with Crippen LogP contribution in [0.5, 0.6) is 0 Å². The first-order valence-corrected chi connectivity index (χ1v) is 10.8. The average molecular weight is 440 g/mol. The Bertz CT molecular complexity index is 837. The molecule has 0 bridgehead atoms. The molecule has 2 unspecified atom stereocenters. The molecule has 3 aliphatic heterocycles. The van der Waals surface area contributed by atoms with Crippen molar-refractivity contribution < 1.29 is 32.2 Å².